The fourth-order valence-electron chi connectivity index (χ4n) is 1.78. The van der Waals surface area contributed by atoms with Crippen molar-refractivity contribution in [2.45, 2.75) is 5.75 Å². The normalized spacial score (nSPS) is 12.0. The zero-order chi connectivity index (χ0) is 16.2. The van der Waals surface area contributed by atoms with Gasteiger partial charge in [-0.15, -0.1) is 0 Å². The van der Waals surface area contributed by atoms with Crippen molar-refractivity contribution in [3.63, 3.8) is 0 Å². The minimum absolute atomic E-state index is 0.320. The number of nitrogens with zero attached hydrogens (tertiary/aromatic N) is 1. The van der Waals surface area contributed by atoms with Gasteiger partial charge >= 0.3 is 0 Å². The summed E-state index contributed by atoms with van der Waals surface area (Å²) < 4.78 is 38.3. The number of rotatable bonds is 4. The molecule has 0 atom stereocenters. The first-order chi connectivity index (χ1) is 10.4. The Morgan fingerprint density at radius 2 is 1.73 bits per heavy atom. The van der Waals surface area contributed by atoms with E-state index in [4.69, 9.17) is 5.26 Å². The van der Waals surface area contributed by atoms with E-state index in [9.17, 15) is 12.8 Å². The second-order valence-corrected chi connectivity index (χ2v) is 7.43. The van der Waals surface area contributed by atoms with Crippen LogP contribution in [0.15, 0.2) is 57.9 Å². The van der Waals surface area contributed by atoms with Crippen LogP contribution >= 0.6 is 15.9 Å². The molecule has 0 fully saturated rings. The van der Waals surface area contributed by atoms with Crippen molar-refractivity contribution in [3.05, 3.63) is 74.9 Å². The first-order valence-electron chi connectivity index (χ1n) is 6.25. The first kappa shape index (κ1) is 16.4. The molecule has 0 spiro atoms. The molecule has 0 aliphatic rings. The summed E-state index contributed by atoms with van der Waals surface area (Å²) in [6, 6.07) is 13.8. The van der Waals surface area contributed by atoms with Gasteiger partial charge in [0.05, 0.1) is 5.75 Å². The summed E-state index contributed by atoms with van der Waals surface area (Å²) in [5.74, 6) is -0.782. The summed E-state index contributed by atoms with van der Waals surface area (Å²) in [6.45, 7) is 0. The SMILES string of the molecule is N#C/C(=C/c1ccc(Br)cc1)S(=O)(=O)Cc1ccc(F)cc1. The Bertz CT molecular complexity index is 835. The van der Waals surface area contributed by atoms with Gasteiger partial charge in [0.15, 0.2) is 9.84 Å². The molecule has 0 radical (unpaired) electrons. The Balaban J connectivity index is 2.31. The number of nitriles is 1. The highest BCUT2D eigenvalue weighted by Gasteiger charge is 2.18. The standard InChI is InChI=1S/C16H11BrFNO2S/c17-14-5-1-12(2-6-14)9-16(10-19)22(20,21)11-13-3-7-15(18)8-4-13/h1-9H,11H2/b16-9-. The third-order valence-corrected chi connectivity index (χ3v) is 5.00. The van der Waals surface area contributed by atoms with Crippen molar-refractivity contribution in [2.75, 3.05) is 0 Å². The molecule has 0 bridgehead atoms. The van der Waals surface area contributed by atoms with Gasteiger partial charge in [-0.2, -0.15) is 5.26 Å². The molecule has 0 aliphatic heterocycles. The number of hydrogen-bond donors (Lipinski definition) is 0. The molecule has 2 aromatic carbocycles. The highest BCUT2D eigenvalue weighted by molar-refractivity contribution is 9.10. The average Bonchev–Trinajstić information content (AvgIpc) is 2.48. The van der Waals surface area contributed by atoms with Crippen molar-refractivity contribution < 1.29 is 12.8 Å². The fourth-order valence-corrected chi connectivity index (χ4v) is 3.29. The van der Waals surface area contributed by atoms with Gasteiger partial charge in [0.25, 0.3) is 0 Å². The summed E-state index contributed by atoms with van der Waals surface area (Å²) >= 11 is 3.28. The molecule has 0 aliphatic carbocycles. The number of allylic oxidation sites excluding steroid dienone is 1. The van der Waals surface area contributed by atoms with E-state index in [0.29, 0.717) is 11.1 Å². The van der Waals surface area contributed by atoms with Gasteiger partial charge < -0.3 is 0 Å². The van der Waals surface area contributed by atoms with Crippen LogP contribution < -0.4 is 0 Å². The summed E-state index contributed by atoms with van der Waals surface area (Å²) in [6.07, 6.45) is 1.32. The summed E-state index contributed by atoms with van der Waals surface area (Å²) in [7, 11) is -3.78. The average molecular weight is 380 g/mol. The van der Waals surface area contributed by atoms with Crippen molar-refractivity contribution in [2.24, 2.45) is 0 Å². The largest absolute Gasteiger partial charge is 0.223 e. The van der Waals surface area contributed by atoms with Crippen LogP contribution in [0.4, 0.5) is 4.39 Å². The molecule has 3 nitrogen and oxygen atoms in total. The highest BCUT2D eigenvalue weighted by Crippen LogP contribution is 2.19. The van der Waals surface area contributed by atoms with Crippen molar-refractivity contribution in [3.8, 4) is 6.07 Å². The maximum Gasteiger partial charge on any atom is 0.192 e. The van der Waals surface area contributed by atoms with Crippen LogP contribution in [0, 0.1) is 17.1 Å². The monoisotopic (exact) mass is 379 g/mol. The lowest BCUT2D eigenvalue weighted by molar-refractivity contribution is 0.602. The molecule has 0 unspecified atom stereocenters. The second-order valence-electron chi connectivity index (χ2n) is 4.56. The van der Waals surface area contributed by atoms with E-state index in [1.54, 1.807) is 30.3 Å². The van der Waals surface area contributed by atoms with Gasteiger partial charge in [0, 0.05) is 4.47 Å². The van der Waals surface area contributed by atoms with Gasteiger partial charge in [-0.25, -0.2) is 12.8 Å². The third kappa shape index (κ3) is 4.26. The minimum Gasteiger partial charge on any atom is -0.223 e. The summed E-state index contributed by atoms with van der Waals surface area (Å²) in [4.78, 5) is -0.320. The zero-order valence-electron chi connectivity index (χ0n) is 11.3. The molecule has 0 saturated carbocycles. The first-order valence-corrected chi connectivity index (χ1v) is 8.70. The van der Waals surface area contributed by atoms with Crippen LogP contribution in [-0.2, 0) is 15.6 Å². The fraction of sp³-hybridized carbons (Fsp3) is 0.0625. The molecule has 22 heavy (non-hydrogen) atoms. The van der Waals surface area contributed by atoms with E-state index in [-0.39, 0.29) is 10.7 Å². The Morgan fingerprint density at radius 1 is 1.14 bits per heavy atom. The van der Waals surface area contributed by atoms with Crippen molar-refractivity contribution in [1.29, 1.82) is 5.26 Å². The number of halogens is 2. The third-order valence-electron chi connectivity index (χ3n) is 2.88. The highest BCUT2D eigenvalue weighted by atomic mass is 79.9. The molecular formula is C16H11BrFNO2S. The van der Waals surface area contributed by atoms with Crippen LogP contribution in [0.5, 0.6) is 0 Å². The molecule has 0 heterocycles. The summed E-state index contributed by atoms with van der Waals surface area (Å²) in [5.41, 5.74) is 1.04. The zero-order valence-corrected chi connectivity index (χ0v) is 13.7. The molecule has 0 saturated heterocycles. The molecule has 2 aromatic rings. The number of benzene rings is 2. The maximum atomic E-state index is 12.8. The van der Waals surface area contributed by atoms with Gasteiger partial charge in [0.2, 0.25) is 0 Å². The van der Waals surface area contributed by atoms with Crippen LogP contribution in [0.25, 0.3) is 6.08 Å². The second kappa shape index (κ2) is 6.86. The van der Waals surface area contributed by atoms with Gasteiger partial charge in [-0.05, 0) is 41.5 Å². The van der Waals surface area contributed by atoms with Gasteiger partial charge in [0.1, 0.15) is 16.8 Å². The Morgan fingerprint density at radius 3 is 2.27 bits per heavy atom. The number of sulfone groups is 1. The molecule has 6 heteroatoms. The lowest BCUT2D eigenvalue weighted by Crippen LogP contribution is -2.06. The molecule has 0 aromatic heterocycles. The quantitative estimate of drug-likeness (QED) is 0.752. The van der Waals surface area contributed by atoms with E-state index in [0.717, 1.165) is 4.47 Å². The molecule has 0 N–H and O–H groups in total. The predicted octanol–water partition coefficient (Wildman–Crippen LogP) is 4.07. The molecule has 2 rings (SSSR count). The Labute approximate surface area is 136 Å². The van der Waals surface area contributed by atoms with E-state index in [1.807, 2.05) is 0 Å². The smallest absolute Gasteiger partial charge is 0.192 e. The van der Waals surface area contributed by atoms with E-state index in [2.05, 4.69) is 15.9 Å². The van der Waals surface area contributed by atoms with Crippen molar-refractivity contribution in [1.82, 2.24) is 0 Å². The summed E-state index contributed by atoms with van der Waals surface area (Å²) in [5, 5.41) is 9.13. The van der Waals surface area contributed by atoms with E-state index < -0.39 is 15.7 Å². The van der Waals surface area contributed by atoms with Gasteiger partial charge in [-0.1, -0.05) is 40.2 Å². The van der Waals surface area contributed by atoms with E-state index in [1.165, 1.54) is 30.3 Å². The van der Waals surface area contributed by atoms with Crippen LogP contribution in [0.3, 0.4) is 0 Å². The van der Waals surface area contributed by atoms with E-state index >= 15 is 0 Å². The van der Waals surface area contributed by atoms with Gasteiger partial charge in [-0.3, -0.25) is 0 Å². The predicted molar refractivity (Wildman–Crippen MR) is 86.8 cm³/mol. The molecular weight excluding hydrogens is 369 g/mol. The number of hydrogen-bond acceptors (Lipinski definition) is 3. The Hall–Kier alpha value is -1.97. The maximum absolute atomic E-state index is 12.8. The molecule has 112 valence electrons. The Kier molecular flexibility index (Phi) is 5.11. The van der Waals surface area contributed by atoms with Crippen LogP contribution in [0.2, 0.25) is 0 Å². The topological polar surface area (TPSA) is 57.9 Å². The lowest BCUT2D eigenvalue weighted by Gasteiger charge is -2.04. The van der Waals surface area contributed by atoms with Crippen LogP contribution in [-0.4, -0.2) is 8.42 Å². The molecule has 0 amide bonds. The van der Waals surface area contributed by atoms with Crippen molar-refractivity contribution >= 4 is 31.8 Å². The lowest BCUT2D eigenvalue weighted by atomic mass is 10.2. The van der Waals surface area contributed by atoms with Crippen LogP contribution in [0.1, 0.15) is 11.1 Å². The minimum atomic E-state index is -3.78.